The summed E-state index contributed by atoms with van der Waals surface area (Å²) < 4.78 is 0. The van der Waals surface area contributed by atoms with Gasteiger partial charge in [-0.05, 0) is 88.5 Å². The molecule has 1 aromatic heterocycles. The highest BCUT2D eigenvalue weighted by Gasteiger charge is 2.13. The first-order valence-electron chi connectivity index (χ1n) is 11.9. The van der Waals surface area contributed by atoms with Crippen LogP contribution in [0.5, 0.6) is 0 Å². The smallest absolute Gasteiger partial charge is 0.137 e. The van der Waals surface area contributed by atoms with Gasteiger partial charge in [0.05, 0.1) is 5.52 Å². The molecule has 0 aliphatic carbocycles. The molecule has 1 atom stereocenters. The lowest BCUT2D eigenvalue weighted by atomic mass is 10.1. The maximum absolute atomic E-state index is 6.31. The molecule has 3 aromatic rings. The van der Waals surface area contributed by atoms with Crippen LogP contribution in [-0.4, -0.2) is 40.5 Å². The largest absolute Gasteiger partial charge is 0.367 e. The Morgan fingerprint density at radius 1 is 1.00 bits per heavy atom. The van der Waals surface area contributed by atoms with Crippen LogP contribution in [0.1, 0.15) is 56.1 Å². The molecule has 0 spiro atoms. The Labute approximate surface area is 198 Å². The molecule has 2 aromatic carbocycles. The number of aromatic nitrogens is 2. The van der Waals surface area contributed by atoms with Crippen molar-refractivity contribution in [3.8, 4) is 0 Å². The van der Waals surface area contributed by atoms with Gasteiger partial charge in [-0.15, -0.1) is 0 Å². The van der Waals surface area contributed by atoms with E-state index in [-0.39, 0.29) is 0 Å². The lowest BCUT2D eigenvalue weighted by molar-refractivity contribution is 0.295. The molecule has 1 unspecified atom stereocenters. The molecule has 0 saturated heterocycles. The van der Waals surface area contributed by atoms with Crippen LogP contribution in [0.25, 0.3) is 10.9 Å². The minimum atomic E-state index is 0.355. The van der Waals surface area contributed by atoms with Gasteiger partial charge in [0.1, 0.15) is 11.6 Å². The molecule has 32 heavy (non-hydrogen) atoms. The highest BCUT2D eigenvalue weighted by atomic mass is 35.5. The number of hydrogen-bond donors (Lipinski definition) is 1. The number of nitrogens with zero attached hydrogens (tertiary/aromatic N) is 3. The Hall–Kier alpha value is -2.17. The van der Waals surface area contributed by atoms with Gasteiger partial charge in [0, 0.05) is 22.9 Å². The fourth-order valence-electron chi connectivity index (χ4n) is 4.08. The van der Waals surface area contributed by atoms with E-state index in [9.17, 15) is 0 Å². The second-order valence-corrected chi connectivity index (χ2v) is 9.16. The van der Waals surface area contributed by atoms with Crippen LogP contribution in [0.3, 0.4) is 0 Å². The van der Waals surface area contributed by atoms with Crippen molar-refractivity contribution < 1.29 is 0 Å². The zero-order chi connectivity index (χ0) is 23.1. The molecule has 1 N–H and O–H groups in total. The van der Waals surface area contributed by atoms with Crippen molar-refractivity contribution in [1.29, 1.82) is 0 Å². The third-order valence-electron chi connectivity index (χ3n) is 6.24. The van der Waals surface area contributed by atoms with Crippen molar-refractivity contribution in [2.75, 3.05) is 25.0 Å². The van der Waals surface area contributed by atoms with Crippen molar-refractivity contribution in [2.45, 2.75) is 66.3 Å². The summed E-state index contributed by atoms with van der Waals surface area (Å²) in [6.07, 6.45) is 3.95. The van der Waals surface area contributed by atoms with E-state index in [1.807, 2.05) is 6.92 Å². The molecule has 3 rings (SSSR count). The Balaban J connectivity index is 1.75. The number of anilines is 1. The first-order valence-corrected chi connectivity index (χ1v) is 12.3. The van der Waals surface area contributed by atoms with Gasteiger partial charge in [-0.2, -0.15) is 0 Å². The van der Waals surface area contributed by atoms with Gasteiger partial charge in [0.15, 0.2) is 0 Å². The minimum absolute atomic E-state index is 0.355. The molecule has 5 heteroatoms. The van der Waals surface area contributed by atoms with Gasteiger partial charge in [-0.25, -0.2) is 9.97 Å². The molecule has 4 nitrogen and oxygen atoms in total. The van der Waals surface area contributed by atoms with E-state index >= 15 is 0 Å². The van der Waals surface area contributed by atoms with Crippen LogP contribution in [0.15, 0.2) is 36.4 Å². The maximum Gasteiger partial charge on any atom is 0.137 e. The summed E-state index contributed by atoms with van der Waals surface area (Å²) in [5.41, 5.74) is 4.54. The van der Waals surface area contributed by atoms with Crippen molar-refractivity contribution in [2.24, 2.45) is 0 Å². The average Bonchev–Trinajstić information content (AvgIpc) is 2.78. The second kappa shape index (κ2) is 11.6. The van der Waals surface area contributed by atoms with Crippen molar-refractivity contribution in [3.05, 3.63) is 63.9 Å². The summed E-state index contributed by atoms with van der Waals surface area (Å²) in [4.78, 5) is 12.3. The topological polar surface area (TPSA) is 41.0 Å². The first kappa shape index (κ1) is 24.5. The molecule has 0 aliphatic rings. The van der Waals surface area contributed by atoms with E-state index in [1.54, 1.807) is 0 Å². The lowest BCUT2D eigenvalue weighted by Crippen LogP contribution is -2.26. The van der Waals surface area contributed by atoms with Crippen molar-refractivity contribution >= 4 is 28.3 Å². The van der Waals surface area contributed by atoms with E-state index in [4.69, 9.17) is 21.6 Å². The van der Waals surface area contributed by atoms with Crippen LogP contribution in [0.2, 0.25) is 5.02 Å². The second-order valence-electron chi connectivity index (χ2n) is 8.76. The van der Waals surface area contributed by atoms with Crippen LogP contribution in [0.4, 0.5) is 5.82 Å². The van der Waals surface area contributed by atoms with Crippen LogP contribution >= 0.6 is 11.6 Å². The zero-order valence-electron chi connectivity index (χ0n) is 20.2. The molecule has 0 saturated carbocycles. The number of para-hydroxylation sites is 1. The Morgan fingerprint density at radius 3 is 2.50 bits per heavy atom. The average molecular weight is 453 g/mol. The predicted molar refractivity (Wildman–Crippen MR) is 138 cm³/mol. The molecule has 0 amide bonds. The van der Waals surface area contributed by atoms with Crippen LogP contribution < -0.4 is 5.32 Å². The Morgan fingerprint density at radius 2 is 1.78 bits per heavy atom. The van der Waals surface area contributed by atoms with Crippen molar-refractivity contribution in [3.63, 3.8) is 0 Å². The molecular weight excluding hydrogens is 416 g/mol. The molecule has 0 aliphatic heterocycles. The van der Waals surface area contributed by atoms with Crippen molar-refractivity contribution in [1.82, 2.24) is 14.9 Å². The monoisotopic (exact) mass is 452 g/mol. The van der Waals surface area contributed by atoms with Gasteiger partial charge in [-0.3, -0.25) is 0 Å². The van der Waals surface area contributed by atoms with Gasteiger partial charge in [0.2, 0.25) is 0 Å². The van der Waals surface area contributed by atoms with Gasteiger partial charge in [0.25, 0.3) is 0 Å². The summed E-state index contributed by atoms with van der Waals surface area (Å²) in [7, 11) is 0. The number of nitrogens with one attached hydrogen (secondary N) is 1. The number of benzene rings is 2. The highest BCUT2D eigenvalue weighted by molar-refractivity contribution is 6.31. The highest BCUT2D eigenvalue weighted by Crippen LogP contribution is 2.25. The lowest BCUT2D eigenvalue weighted by Gasteiger charge is -2.21. The Bertz CT molecular complexity index is 1030. The Kier molecular flexibility index (Phi) is 8.89. The third kappa shape index (κ3) is 6.43. The normalized spacial score (nSPS) is 12.5. The van der Waals surface area contributed by atoms with E-state index in [2.05, 4.69) is 74.3 Å². The van der Waals surface area contributed by atoms with E-state index < -0.39 is 0 Å². The maximum atomic E-state index is 6.31. The summed E-state index contributed by atoms with van der Waals surface area (Å²) in [6.45, 7) is 14.2. The van der Waals surface area contributed by atoms with E-state index in [0.717, 1.165) is 72.0 Å². The molecule has 172 valence electrons. The zero-order valence-corrected chi connectivity index (χ0v) is 21.0. The van der Waals surface area contributed by atoms with Gasteiger partial charge in [-0.1, -0.05) is 49.7 Å². The van der Waals surface area contributed by atoms with Crippen LogP contribution in [-0.2, 0) is 12.8 Å². The SMILES string of the molecule is CCN(CC)CCCC(C)Nc1nc(CCc2ccc(C)c(Cl)c2)nc2c(C)cccc12. The molecule has 1 heterocycles. The summed E-state index contributed by atoms with van der Waals surface area (Å²) in [5, 5.41) is 5.60. The first-order chi connectivity index (χ1) is 15.4. The third-order valence-corrected chi connectivity index (χ3v) is 6.64. The predicted octanol–water partition coefficient (Wildman–Crippen LogP) is 6.61. The van der Waals surface area contributed by atoms with Gasteiger partial charge < -0.3 is 10.2 Å². The molecular formula is C27H37ClN4. The standard InChI is InChI=1S/C27H37ClN4/c1-6-32(7-2)17-9-11-21(5)29-27-23-12-8-10-20(4)26(23)30-25(31-27)16-15-22-14-13-19(3)24(28)18-22/h8,10,12-14,18,21H,6-7,9,11,15-17H2,1-5H3,(H,29,30,31). The number of fused-ring (bicyclic) bond motifs is 1. The molecule has 0 fully saturated rings. The summed E-state index contributed by atoms with van der Waals surface area (Å²) >= 11 is 6.31. The van der Waals surface area contributed by atoms with Crippen LogP contribution in [0, 0.1) is 13.8 Å². The quantitative estimate of drug-likeness (QED) is 0.355. The minimum Gasteiger partial charge on any atom is -0.367 e. The molecule has 0 radical (unpaired) electrons. The number of aryl methyl sites for hydroxylation is 4. The van der Waals surface area contributed by atoms with E-state index in [1.165, 1.54) is 17.5 Å². The fraction of sp³-hybridized carbons (Fsp3) is 0.481. The van der Waals surface area contributed by atoms with Gasteiger partial charge >= 0.3 is 0 Å². The molecule has 0 bridgehead atoms. The number of halogens is 1. The van der Waals surface area contributed by atoms with E-state index in [0.29, 0.717) is 6.04 Å². The summed E-state index contributed by atoms with van der Waals surface area (Å²) in [5.74, 6) is 1.83. The number of hydrogen-bond acceptors (Lipinski definition) is 4. The summed E-state index contributed by atoms with van der Waals surface area (Å²) in [6, 6.07) is 13.0. The fourth-order valence-corrected chi connectivity index (χ4v) is 4.28. The number of rotatable bonds is 11.